The van der Waals surface area contributed by atoms with Gasteiger partial charge < -0.3 is 24.8 Å². The van der Waals surface area contributed by atoms with Crippen molar-refractivity contribution < 1.29 is 34.4 Å². The van der Waals surface area contributed by atoms with Crippen LogP contribution in [0.2, 0.25) is 0 Å². The SMILES string of the molecule is C=C1C(=O)OC2CC(C)CCC/C(CO)=C/C(OC(=O)/C(=C/CO)CO)C12. The van der Waals surface area contributed by atoms with Crippen molar-refractivity contribution in [1.82, 2.24) is 0 Å². The van der Waals surface area contributed by atoms with Gasteiger partial charge in [0.1, 0.15) is 12.2 Å². The van der Waals surface area contributed by atoms with E-state index in [-0.39, 0.29) is 17.8 Å². The molecule has 1 saturated heterocycles. The lowest BCUT2D eigenvalue weighted by Crippen LogP contribution is -2.34. The second kappa shape index (κ2) is 9.82. The summed E-state index contributed by atoms with van der Waals surface area (Å²) in [5.41, 5.74) is 0.870. The molecule has 4 atom stereocenters. The molecule has 1 aliphatic heterocycles. The van der Waals surface area contributed by atoms with Crippen LogP contribution < -0.4 is 0 Å². The van der Waals surface area contributed by atoms with E-state index in [2.05, 4.69) is 13.5 Å². The van der Waals surface area contributed by atoms with Gasteiger partial charge in [0.05, 0.1) is 31.3 Å². The van der Waals surface area contributed by atoms with E-state index < -0.39 is 43.3 Å². The fourth-order valence-electron chi connectivity index (χ4n) is 3.62. The normalized spacial score (nSPS) is 31.6. The highest BCUT2D eigenvalue weighted by Gasteiger charge is 2.45. The fourth-order valence-corrected chi connectivity index (χ4v) is 3.62. The summed E-state index contributed by atoms with van der Waals surface area (Å²) in [6.45, 7) is 4.72. The molecule has 0 bridgehead atoms. The first-order chi connectivity index (χ1) is 12.9. The zero-order chi connectivity index (χ0) is 20.0. The molecule has 0 aromatic carbocycles. The first-order valence-corrected chi connectivity index (χ1v) is 9.23. The third kappa shape index (κ3) is 5.28. The average molecular weight is 380 g/mol. The van der Waals surface area contributed by atoms with Crippen molar-refractivity contribution >= 4 is 11.9 Å². The third-order valence-corrected chi connectivity index (χ3v) is 5.12. The molecule has 0 aromatic heterocycles. The maximum Gasteiger partial charge on any atom is 0.336 e. The van der Waals surface area contributed by atoms with E-state index in [1.54, 1.807) is 6.08 Å². The van der Waals surface area contributed by atoms with Gasteiger partial charge in [-0.2, -0.15) is 0 Å². The topological polar surface area (TPSA) is 113 Å². The molecule has 0 spiro atoms. The summed E-state index contributed by atoms with van der Waals surface area (Å²) in [6, 6.07) is 0. The number of esters is 2. The fraction of sp³-hybridized carbons (Fsp3) is 0.600. The van der Waals surface area contributed by atoms with Crippen LogP contribution >= 0.6 is 0 Å². The highest BCUT2D eigenvalue weighted by atomic mass is 16.6. The van der Waals surface area contributed by atoms with Gasteiger partial charge in [-0.05, 0) is 42.9 Å². The molecule has 0 aromatic rings. The van der Waals surface area contributed by atoms with Gasteiger partial charge in [0.25, 0.3) is 0 Å². The van der Waals surface area contributed by atoms with Gasteiger partial charge >= 0.3 is 11.9 Å². The molecule has 27 heavy (non-hydrogen) atoms. The Bertz CT molecular complexity index is 634. The van der Waals surface area contributed by atoms with Crippen molar-refractivity contribution in [3.63, 3.8) is 0 Å². The highest BCUT2D eigenvalue weighted by Crippen LogP contribution is 2.37. The molecule has 7 heteroatoms. The molecule has 0 amide bonds. The zero-order valence-corrected chi connectivity index (χ0v) is 15.6. The van der Waals surface area contributed by atoms with E-state index in [9.17, 15) is 19.8 Å². The van der Waals surface area contributed by atoms with Gasteiger partial charge in [0.15, 0.2) is 0 Å². The number of ether oxygens (including phenoxy) is 2. The van der Waals surface area contributed by atoms with Gasteiger partial charge in [-0.15, -0.1) is 0 Å². The van der Waals surface area contributed by atoms with Gasteiger partial charge in [-0.25, -0.2) is 9.59 Å². The van der Waals surface area contributed by atoms with Crippen LogP contribution in [0.1, 0.15) is 32.6 Å². The summed E-state index contributed by atoms with van der Waals surface area (Å²) in [7, 11) is 0. The van der Waals surface area contributed by atoms with Crippen molar-refractivity contribution in [2.24, 2.45) is 11.8 Å². The lowest BCUT2D eigenvalue weighted by Gasteiger charge is -2.28. The van der Waals surface area contributed by atoms with Gasteiger partial charge in [0, 0.05) is 5.57 Å². The molecule has 7 nitrogen and oxygen atoms in total. The summed E-state index contributed by atoms with van der Waals surface area (Å²) in [6.07, 6.45) is 4.60. The maximum absolute atomic E-state index is 12.4. The number of fused-ring (bicyclic) bond motifs is 1. The number of aliphatic hydroxyl groups excluding tert-OH is 3. The molecule has 1 heterocycles. The second-order valence-electron chi connectivity index (χ2n) is 7.15. The summed E-state index contributed by atoms with van der Waals surface area (Å²) in [5, 5.41) is 28.0. The predicted octanol–water partition coefficient (Wildman–Crippen LogP) is 1.04. The number of hydrogen-bond donors (Lipinski definition) is 3. The van der Waals surface area contributed by atoms with Gasteiger partial charge in [-0.1, -0.05) is 19.9 Å². The largest absolute Gasteiger partial charge is 0.458 e. The maximum atomic E-state index is 12.4. The molecule has 2 aliphatic rings. The molecule has 150 valence electrons. The van der Waals surface area contributed by atoms with Crippen LogP contribution in [0.5, 0.6) is 0 Å². The minimum absolute atomic E-state index is 0.0747. The smallest absolute Gasteiger partial charge is 0.336 e. The molecule has 3 N–H and O–H groups in total. The Morgan fingerprint density at radius 2 is 2.15 bits per heavy atom. The van der Waals surface area contributed by atoms with Gasteiger partial charge in [-0.3, -0.25) is 0 Å². The summed E-state index contributed by atoms with van der Waals surface area (Å²) in [4.78, 5) is 24.5. The summed E-state index contributed by atoms with van der Waals surface area (Å²) < 4.78 is 11.0. The van der Waals surface area contributed by atoms with E-state index in [4.69, 9.17) is 14.6 Å². The van der Waals surface area contributed by atoms with E-state index in [0.717, 1.165) is 12.8 Å². The highest BCUT2D eigenvalue weighted by molar-refractivity contribution is 5.92. The summed E-state index contributed by atoms with van der Waals surface area (Å²) >= 11 is 0. The minimum Gasteiger partial charge on any atom is -0.458 e. The number of hydrogen-bond acceptors (Lipinski definition) is 7. The summed E-state index contributed by atoms with van der Waals surface area (Å²) in [5.74, 6) is -1.56. The molecule has 1 aliphatic carbocycles. The zero-order valence-electron chi connectivity index (χ0n) is 15.6. The van der Waals surface area contributed by atoms with Crippen molar-refractivity contribution in [1.29, 1.82) is 0 Å². The Balaban J connectivity index is 2.39. The predicted molar refractivity (Wildman–Crippen MR) is 97.4 cm³/mol. The van der Waals surface area contributed by atoms with Crippen molar-refractivity contribution in [2.75, 3.05) is 19.8 Å². The monoisotopic (exact) mass is 380 g/mol. The Morgan fingerprint density at radius 3 is 2.78 bits per heavy atom. The lowest BCUT2D eigenvalue weighted by atomic mass is 9.83. The van der Waals surface area contributed by atoms with Crippen LogP contribution in [-0.2, 0) is 19.1 Å². The second-order valence-corrected chi connectivity index (χ2v) is 7.15. The molecule has 1 fully saturated rings. The molecular formula is C20H28O7. The molecule has 2 rings (SSSR count). The van der Waals surface area contributed by atoms with E-state index in [1.165, 1.54) is 6.08 Å². The Hall–Kier alpha value is -1.96. The van der Waals surface area contributed by atoms with E-state index in [1.807, 2.05) is 0 Å². The molecular weight excluding hydrogens is 352 g/mol. The average Bonchev–Trinajstić information content (AvgIpc) is 2.91. The van der Waals surface area contributed by atoms with E-state index in [0.29, 0.717) is 24.3 Å². The number of rotatable bonds is 5. The van der Waals surface area contributed by atoms with Crippen molar-refractivity contribution in [3.05, 3.63) is 35.5 Å². The van der Waals surface area contributed by atoms with Crippen LogP contribution in [0.3, 0.4) is 0 Å². The van der Waals surface area contributed by atoms with Crippen LogP contribution in [0, 0.1) is 11.8 Å². The first-order valence-electron chi connectivity index (χ1n) is 9.23. The lowest BCUT2D eigenvalue weighted by molar-refractivity contribution is -0.146. The number of aliphatic hydroxyl groups is 3. The minimum atomic E-state index is -0.859. The van der Waals surface area contributed by atoms with Crippen LogP contribution in [0.15, 0.2) is 35.5 Å². The quantitative estimate of drug-likeness (QED) is 0.371. The molecule has 0 radical (unpaired) electrons. The Morgan fingerprint density at radius 1 is 1.41 bits per heavy atom. The Kier molecular flexibility index (Phi) is 7.77. The van der Waals surface area contributed by atoms with Crippen LogP contribution in [0.25, 0.3) is 0 Å². The molecule has 0 saturated carbocycles. The number of carbonyl (C=O) groups excluding carboxylic acids is 2. The van der Waals surface area contributed by atoms with Crippen molar-refractivity contribution in [3.8, 4) is 0 Å². The van der Waals surface area contributed by atoms with Crippen LogP contribution in [-0.4, -0.2) is 59.3 Å². The third-order valence-electron chi connectivity index (χ3n) is 5.12. The first kappa shape index (κ1) is 21.3. The van der Waals surface area contributed by atoms with Crippen molar-refractivity contribution in [2.45, 2.75) is 44.8 Å². The Labute approximate surface area is 159 Å². The standard InChI is InChI=1S/C20H28O7/c1-12-4-3-5-14(10-22)9-17(27-20(25)15(11-23)6-7-21)18-13(2)19(24)26-16(18)8-12/h6,9,12,16-18,21-23H,2-5,7-8,10-11H2,1H3/b14-9-,15-6+. The van der Waals surface area contributed by atoms with E-state index >= 15 is 0 Å². The number of carbonyl (C=O) groups is 2. The van der Waals surface area contributed by atoms with Crippen LogP contribution in [0.4, 0.5) is 0 Å². The molecule has 4 unspecified atom stereocenters. The van der Waals surface area contributed by atoms with Gasteiger partial charge in [0.2, 0.25) is 0 Å².